The number of nitrogens with zero attached hydrogens (tertiary/aromatic N) is 4. The fourth-order valence-electron chi connectivity index (χ4n) is 2.19. The number of halogens is 1. The Balaban J connectivity index is 1.73. The predicted octanol–water partition coefficient (Wildman–Crippen LogP) is 1.92. The summed E-state index contributed by atoms with van der Waals surface area (Å²) in [4.78, 5) is 32.1. The van der Waals surface area contributed by atoms with Gasteiger partial charge in [0.2, 0.25) is 0 Å². The lowest BCUT2D eigenvalue weighted by Crippen LogP contribution is -2.15. The van der Waals surface area contributed by atoms with E-state index < -0.39 is 24.2 Å². The second kappa shape index (κ2) is 6.15. The Kier molecular flexibility index (Phi) is 4.03. The molecule has 0 aliphatic carbocycles. The molecule has 0 radical (unpaired) electrons. The van der Waals surface area contributed by atoms with Crippen LogP contribution in [0.3, 0.4) is 0 Å². The van der Waals surface area contributed by atoms with Crippen molar-refractivity contribution in [2.75, 3.05) is 6.61 Å². The second-order valence-electron chi connectivity index (χ2n) is 5.20. The Bertz CT molecular complexity index is 952. The molecule has 122 valence electrons. The van der Waals surface area contributed by atoms with E-state index in [2.05, 4.69) is 15.1 Å². The van der Waals surface area contributed by atoms with Crippen LogP contribution < -0.4 is 0 Å². The number of ketones is 1. The molecule has 3 aromatic rings. The third-order valence-electron chi connectivity index (χ3n) is 3.28. The first-order valence-electron chi connectivity index (χ1n) is 7.11. The summed E-state index contributed by atoms with van der Waals surface area (Å²) in [6.07, 6.45) is 0. The van der Waals surface area contributed by atoms with Crippen LogP contribution in [0, 0.1) is 19.7 Å². The SMILES string of the molecule is Cc1cc(C)n2nc(C(=O)OCC(=O)c3cccc(F)c3)nc2n1. The van der Waals surface area contributed by atoms with Gasteiger partial charge in [0, 0.05) is 17.0 Å². The zero-order valence-corrected chi connectivity index (χ0v) is 13.0. The molecule has 0 atom stereocenters. The molecule has 0 bridgehead atoms. The number of fused-ring (bicyclic) bond motifs is 1. The minimum absolute atomic E-state index is 0.124. The summed E-state index contributed by atoms with van der Waals surface area (Å²) < 4.78 is 19.4. The topological polar surface area (TPSA) is 86.5 Å². The highest BCUT2D eigenvalue weighted by Crippen LogP contribution is 2.08. The van der Waals surface area contributed by atoms with Gasteiger partial charge in [-0.25, -0.2) is 18.7 Å². The number of aromatic nitrogens is 4. The molecule has 0 unspecified atom stereocenters. The number of hydrogen-bond acceptors (Lipinski definition) is 6. The summed E-state index contributed by atoms with van der Waals surface area (Å²) in [5.41, 5.74) is 1.63. The average Bonchev–Trinajstić information content (AvgIpc) is 2.96. The van der Waals surface area contributed by atoms with Crippen molar-refractivity contribution in [2.24, 2.45) is 0 Å². The molecule has 7 nitrogen and oxygen atoms in total. The van der Waals surface area contributed by atoms with Crippen molar-refractivity contribution >= 4 is 17.5 Å². The Hall–Kier alpha value is -3.16. The van der Waals surface area contributed by atoms with Crippen LogP contribution in [0.25, 0.3) is 5.78 Å². The highest BCUT2D eigenvalue weighted by atomic mass is 19.1. The van der Waals surface area contributed by atoms with Crippen molar-refractivity contribution in [3.63, 3.8) is 0 Å². The van der Waals surface area contributed by atoms with E-state index in [0.29, 0.717) is 0 Å². The van der Waals surface area contributed by atoms with Gasteiger partial charge in [-0.2, -0.15) is 4.98 Å². The molecule has 24 heavy (non-hydrogen) atoms. The molecular formula is C16H13FN4O3. The molecule has 0 saturated heterocycles. The van der Waals surface area contributed by atoms with Crippen LogP contribution in [-0.4, -0.2) is 37.9 Å². The number of rotatable bonds is 4. The summed E-state index contributed by atoms with van der Waals surface area (Å²) in [5.74, 6) is -1.82. The smallest absolute Gasteiger partial charge is 0.378 e. The van der Waals surface area contributed by atoms with Crippen molar-refractivity contribution < 1.29 is 18.7 Å². The van der Waals surface area contributed by atoms with Gasteiger partial charge in [0.05, 0.1) is 0 Å². The highest BCUT2D eigenvalue weighted by Gasteiger charge is 2.18. The monoisotopic (exact) mass is 328 g/mol. The normalized spacial score (nSPS) is 10.8. The van der Waals surface area contributed by atoms with Crippen LogP contribution in [-0.2, 0) is 4.74 Å². The number of carbonyl (C=O) groups excluding carboxylic acids is 2. The fourth-order valence-corrected chi connectivity index (χ4v) is 2.19. The lowest BCUT2D eigenvalue weighted by molar-refractivity contribution is 0.0463. The van der Waals surface area contributed by atoms with Crippen LogP contribution >= 0.6 is 0 Å². The summed E-state index contributed by atoms with van der Waals surface area (Å²) in [6, 6.07) is 6.95. The lowest BCUT2D eigenvalue weighted by atomic mass is 10.1. The Morgan fingerprint density at radius 2 is 2.00 bits per heavy atom. The van der Waals surface area contributed by atoms with Gasteiger partial charge < -0.3 is 4.74 Å². The fraction of sp³-hybridized carbons (Fsp3) is 0.188. The first-order valence-corrected chi connectivity index (χ1v) is 7.11. The van der Waals surface area contributed by atoms with Gasteiger partial charge >= 0.3 is 5.97 Å². The molecule has 0 amide bonds. The van der Waals surface area contributed by atoms with Gasteiger partial charge in [0.1, 0.15) is 5.82 Å². The number of aryl methyl sites for hydroxylation is 2. The molecule has 0 saturated carbocycles. The van der Waals surface area contributed by atoms with Crippen LogP contribution in [0.1, 0.15) is 32.4 Å². The molecule has 0 aliphatic heterocycles. The van der Waals surface area contributed by atoms with E-state index >= 15 is 0 Å². The molecule has 1 aromatic carbocycles. The maximum absolute atomic E-state index is 13.1. The van der Waals surface area contributed by atoms with Gasteiger partial charge in [0.15, 0.2) is 12.4 Å². The number of benzene rings is 1. The van der Waals surface area contributed by atoms with E-state index in [-0.39, 0.29) is 17.2 Å². The molecule has 0 aliphatic rings. The van der Waals surface area contributed by atoms with Crippen LogP contribution in [0.5, 0.6) is 0 Å². The minimum atomic E-state index is -0.845. The quantitative estimate of drug-likeness (QED) is 0.537. The Labute approximate surface area is 136 Å². The number of hydrogen-bond donors (Lipinski definition) is 0. The van der Waals surface area contributed by atoms with Gasteiger partial charge in [-0.1, -0.05) is 12.1 Å². The van der Waals surface area contributed by atoms with Crippen molar-refractivity contribution in [3.05, 3.63) is 58.9 Å². The second-order valence-corrected chi connectivity index (χ2v) is 5.20. The van der Waals surface area contributed by atoms with E-state index in [4.69, 9.17) is 4.74 Å². The zero-order chi connectivity index (χ0) is 17.3. The number of Topliss-reactive ketones (excluding diaryl/α,β-unsaturated/α-hetero) is 1. The highest BCUT2D eigenvalue weighted by molar-refractivity contribution is 5.98. The number of carbonyl (C=O) groups is 2. The standard InChI is InChI=1S/C16H13FN4O3/c1-9-6-10(2)21-16(18-9)19-14(20-21)15(23)24-8-13(22)11-4-3-5-12(17)7-11/h3-7H,8H2,1-2H3. The Morgan fingerprint density at radius 3 is 2.75 bits per heavy atom. The van der Waals surface area contributed by atoms with Gasteiger partial charge in [-0.3, -0.25) is 4.79 Å². The molecule has 2 heterocycles. The first kappa shape index (κ1) is 15.7. The van der Waals surface area contributed by atoms with Crippen LogP contribution in [0.4, 0.5) is 4.39 Å². The van der Waals surface area contributed by atoms with E-state index in [1.54, 1.807) is 19.9 Å². The number of ether oxygens (including phenoxy) is 1. The van der Waals surface area contributed by atoms with E-state index in [1.165, 1.54) is 22.7 Å². The van der Waals surface area contributed by atoms with E-state index in [1.807, 2.05) is 0 Å². The van der Waals surface area contributed by atoms with Crippen molar-refractivity contribution in [2.45, 2.75) is 13.8 Å². The largest absolute Gasteiger partial charge is 0.451 e. The molecule has 0 N–H and O–H groups in total. The van der Waals surface area contributed by atoms with Crippen molar-refractivity contribution in [1.29, 1.82) is 0 Å². The van der Waals surface area contributed by atoms with Crippen molar-refractivity contribution in [3.8, 4) is 0 Å². The molecule has 0 spiro atoms. The van der Waals surface area contributed by atoms with Gasteiger partial charge in [-0.15, -0.1) is 5.10 Å². The first-order chi connectivity index (χ1) is 11.4. The third-order valence-corrected chi connectivity index (χ3v) is 3.28. The number of esters is 1. The van der Waals surface area contributed by atoms with Gasteiger partial charge in [0.25, 0.3) is 11.6 Å². The van der Waals surface area contributed by atoms with E-state index in [0.717, 1.165) is 17.5 Å². The molecule has 3 rings (SSSR count). The summed E-state index contributed by atoms with van der Waals surface area (Å²) in [5, 5.41) is 4.02. The van der Waals surface area contributed by atoms with Gasteiger partial charge in [-0.05, 0) is 32.0 Å². The molecule has 2 aromatic heterocycles. The zero-order valence-electron chi connectivity index (χ0n) is 13.0. The average molecular weight is 328 g/mol. The summed E-state index contributed by atoms with van der Waals surface area (Å²) in [6.45, 7) is 3.08. The molecule has 0 fully saturated rings. The summed E-state index contributed by atoms with van der Waals surface area (Å²) in [7, 11) is 0. The maximum Gasteiger partial charge on any atom is 0.378 e. The van der Waals surface area contributed by atoms with Crippen LogP contribution in [0.2, 0.25) is 0 Å². The summed E-state index contributed by atoms with van der Waals surface area (Å²) >= 11 is 0. The predicted molar refractivity (Wildman–Crippen MR) is 81.3 cm³/mol. The maximum atomic E-state index is 13.1. The van der Waals surface area contributed by atoms with Crippen LogP contribution in [0.15, 0.2) is 30.3 Å². The van der Waals surface area contributed by atoms with E-state index in [9.17, 15) is 14.0 Å². The minimum Gasteiger partial charge on any atom is -0.451 e. The molecular weight excluding hydrogens is 315 g/mol. The van der Waals surface area contributed by atoms with Crippen molar-refractivity contribution in [1.82, 2.24) is 19.6 Å². The lowest BCUT2D eigenvalue weighted by Gasteiger charge is -2.02. The molecule has 8 heteroatoms. The third kappa shape index (κ3) is 3.12. The Morgan fingerprint density at radius 1 is 1.21 bits per heavy atom.